The van der Waals surface area contributed by atoms with Gasteiger partial charge in [0.05, 0.1) is 5.39 Å². The van der Waals surface area contributed by atoms with Crippen LogP contribution < -0.4 is 5.43 Å². The predicted octanol–water partition coefficient (Wildman–Crippen LogP) is 3.75. The molecule has 1 aromatic carbocycles. The van der Waals surface area contributed by atoms with Gasteiger partial charge in [-0.05, 0) is 49.2 Å². The fraction of sp³-hybridized carbons (Fsp3) is 0.167. The summed E-state index contributed by atoms with van der Waals surface area (Å²) in [6.45, 7) is 3.41. The molecule has 128 valence electrons. The molecule has 0 aliphatic carbocycles. The van der Waals surface area contributed by atoms with Gasteiger partial charge in [0.25, 0.3) is 0 Å². The number of rotatable bonds is 3. The first-order valence-corrected chi connectivity index (χ1v) is 7.97. The number of aromatic carboxylic acids is 1. The standard InChI is InChI=1S/C18H14ClFN2O3/c1-3-12-15(18(24)25)16(23)14-9(2)8-13(19)21-17(14)22(12)11-6-4-10(20)5-7-11/h4-8H,3H2,1-2H3,(H,24,25). The van der Waals surface area contributed by atoms with Gasteiger partial charge in [-0.15, -0.1) is 0 Å². The van der Waals surface area contributed by atoms with Crippen LogP contribution in [-0.2, 0) is 6.42 Å². The number of hydrogen-bond donors (Lipinski definition) is 1. The molecule has 0 atom stereocenters. The molecule has 25 heavy (non-hydrogen) atoms. The van der Waals surface area contributed by atoms with Gasteiger partial charge >= 0.3 is 5.97 Å². The zero-order valence-corrected chi connectivity index (χ0v) is 14.3. The Bertz CT molecular complexity index is 1060. The van der Waals surface area contributed by atoms with Crippen molar-refractivity contribution in [1.82, 2.24) is 9.55 Å². The van der Waals surface area contributed by atoms with E-state index in [1.54, 1.807) is 18.4 Å². The summed E-state index contributed by atoms with van der Waals surface area (Å²) in [6.07, 6.45) is 0.275. The fourth-order valence-corrected chi connectivity index (χ4v) is 3.22. The minimum Gasteiger partial charge on any atom is -0.477 e. The number of aromatic nitrogens is 2. The molecular weight excluding hydrogens is 347 g/mol. The molecule has 0 fully saturated rings. The van der Waals surface area contributed by atoms with Crippen LogP contribution in [0.25, 0.3) is 16.7 Å². The molecule has 0 saturated carbocycles. The molecular formula is C18H14ClFN2O3. The molecule has 0 aliphatic rings. The number of pyridine rings is 2. The third-order valence-corrected chi connectivity index (χ3v) is 4.22. The fourth-order valence-electron chi connectivity index (χ4n) is 2.98. The van der Waals surface area contributed by atoms with Crippen LogP contribution in [0.2, 0.25) is 5.15 Å². The number of carboxylic acids is 1. The molecule has 3 aromatic rings. The van der Waals surface area contributed by atoms with Crippen LogP contribution in [0.4, 0.5) is 4.39 Å². The van der Waals surface area contributed by atoms with Crippen molar-refractivity contribution in [3.8, 4) is 5.69 Å². The normalized spacial score (nSPS) is 11.0. The smallest absolute Gasteiger partial charge is 0.341 e. The SMILES string of the molecule is CCc1c(C(=O)O)c(=O)c2c(C)cc(Cl)nc2n1-c1ccc(F)cc1. The Morgan fingerprint density at radius 1 is 1.32 bits per heavy atom. The van der Waals surface area contributed by atoms with Crippen molar-refractivity contribution in [1.29, 1.82) is 0 Å². The zero-order chi connectivity index (χ0) is 18.3. The van der Waals surface area contributed by atoms with Crippen molar-refractivity contribution in [2.75, 3.05) is 0 Å². The van der Waals surface area contributed by atoms with E-state index >= 15 is 0 Å². The summed E-state index contributed by atoms with van der Waals surface area (Å²) in [6, 6.07) is 7.04. The van der Waals surface area contributed by atoms with E-state index in [2.05, 4.69) is 4.98 Å². The largest absolute Gasteiger partial charge is 0.477 e. The van der Waals surface area contributed by atoms with E-state index < -0.39 is 17.2 Å². The second-order valence-corrected chi connectivity index (χ2v) is 5.97. The van der Waals surface area contributed by atoms with Gasteiger partial charge in [-0.2, -0.15) is 0 Å². The zero-order valence-electron chi connectivity index (χ0n) is 13.5. The second kappa shape index (κ2) is 6.29. The van der Waals surface area contributed by atoms with Crippen LogP contribution in [0.15, 0.2) is 35.1 Å². The molecule has 5 nitrogen and oxygen atoms in total. The summed E-state index contributed by atoms with van der Waals surface area (Å²) in [5.41, 5.74) is 0.654. The van der Waals surface area contributed by atoms with Crippen LogP contribution in [0.3, 0.4) is 0 Å². The molecule has 0 radical (unpaired) electrons. The van der Waals surface area contributed by atoms with Crippen LogP contribution in [0.5, 0.6) is 0 Å². The number of fused-ring (bicyclic) bond motifs is 1. The second-order valence-electron chi connectivity index (χ2n) is 5.58. The average Bonchev–Trinajstić information content (AvgIpc) is 2.54. The molecule has 7 heteroatoms. The number of carbonyl (C=O) groups is 1. The van der Waals surface area contributed by atoms with Gasteiger partial charge in [-0.25, -0.2) is 14.2 Å². The average molecular weight is 361 g/mol. The molecule has 0 unspecified atom stereocenters. The molecule has 0 aliphatic heterocycles. The Kier molecular flexibility index (Phi) is 4.30. The Morgan fingerprint density at radius 2 is 1.96 bits per heavy atom. The highest BCUT2D eigenvalue weighted by molar-refractivity contribution is 6.29. The minimum absolute atomic E-state index is 0.184. The maximum absolute atomic E-state index is 13.3. The Morgan fingerprint density at radius 3 is 2.52 bits per heavy atom. The molecule has 2 aromatic heterocycles. The lowest BCUT2D eigenvalue weighted by molar-refractivity contribution is 0.0693. The number of carboxylic acid groups (broad SMARTS) is 1. The number of hydrogen-bond acceptors (Lipinski definition) is 3. The maximum Gasteiger partial charge on any atom is 0.341 e. The monoisotopic (exact) mass is 360 g/mol. The van der Waals surface area contributed by atoms with Gasteiger partial charge in [0.1, 0.15) is 16.5 Å². The lowest BCUT2D eigenvalue weighted by Crippen LogP contribution is -2.24. The van der Waals surface area contributed by atoms with Gasteiger partial charge in [0.2, 0.25) is 5.43 Å². The first-order valence-electron chi connectivity index (χ1n) is 7.59. The van der Waals surface area contributed by atoms with Gasteiger partial charge in [0.15, 0.2) is 5.65 Å². The van der Waals surface area contributed by atoms with Gasteiger partial charge in [-0.1, -0.05) is 18.5 Å². The van der Waals surface area contributed by atoms with Crippen molar-refractivity contribution in [3.05, 3.63) is 68.3 Å². The molecule has 0 bridgehead atoms. The lowest BCUT2D eigenvalue weighted by atomic mass is 10.0. The first-order chi connectivity index (χ1) is 11.8. The van der Waals surface area contributed by atoms with E-state index in [9.17, 15) is 19.1 Å². The van der Waals surface area contributed by atoms with E-state index in [1.807, 2.05) is 0 Å². The van der Waals surface area contributed by atoms with E-state index in [1.165, 1.54) is 30.3 Å². The van der Waals surface area contributed by atoms with Gasteiger partial charge < -0.3 is 5.11 Å². The van der Waals surface area contributed by atoms with Crippen molar-refractivity contribution in [2.45, 2.75) is 20.3 Å². The van der Waals surface area contributed by atoms with Crippen LogP contribution in [-0.4, -0.2) is 20.6 Å². The maximum atomic E-state index is 13.3. The third kappa shape index (κ3) is 2.78. The third-order valence-electron chi connectivity index (χ3n) is 4.02. The Hall–Kier alpha value is -2.73. The van der Waals surface area contributed by atoms with E-state index in [4.69, 9.17) is 11.6 Å². The summed E-state index contributed by atoms with van der Waals surface area (Å²) in [5, 5.41) is 9.95. The summed E-state index contributed by atoms with van der Waals surface area (Å²) >= 11 is 6.06. The highest BCUT2D eigenvalue weighted by atomic mass is 35.5. The Balaban J connectivity index is 2.61. The van der Waals surface area contributed by atoms with Crippen LogP contribution >= 0.6 is 11.6 Å². The summed E-state index contributed by atoms with van der Waals surface area (Å²) in [5.74, 6) is -1.73. The number of halogens is 2. The number of nitrogens with zero attached hydrogens (tertiary/aromatic N) is 2. The van der Waals surface area contributed by atoms with Gasteiger partial charge in [-0.3, -0.25) is 9.36 Å². The number of aryl methyl sites for hydroxylation is 1. The number of benzene rings is 1. The van der Waals surface area contributed by atoms with Crippen molar-refractivity contribution in [2.24, 2.45) is 0 Å². The Labute approximate surface area is 147 Å². The van der Waals surface area contributed by atoms with Crippen LogP contribution in [0.1, 0.15) is 28.5 Å². The quantitative estimate of drug-likeness (QED) is 0.722. The molecule has 2 heterocycles. The van der Waals surface area contributed by atoms with Gasteiger partial charge in [0, 0.05) is 11.4 Å². The first kappa shape index (κ1) is 17.1. The molecule has 0 spiro atoms. The van der Waals surface area contributed by atoms with Crippen molar-refractivity contribution in [3.63, 3.8) is 0 Å². The van der Waals surface area contributed by atoms with E-state index in [0.29, 0.717) is 11.3 Å². The molecule has 1 N–H and O–H groups in total. The highest BCUT2D eigenvalue weighted by Crippen LogP contribution is 2.25. The van der Waals surface area contributed by atoms with Crippen molar-refractivity contribution < 1.29 is 14.3 Å². The summed E-state index contributed by atoms with van der Waals surface area (Å²) in [4.78, 5) is 28.8. The molecule has 0 amide bonds. The van der Waals surface area contributed by atoms with E-state index in [0.717, 1.165) is 0 Å². The molecule has 0 saturated heterocycles. The van der Waals surface area contributed by atoms with E-state index in [-0.39, 0.29) is 33.9 Å². The predicted molar refractivity (Wildman–Crippen MR) is 93.4 cm³/mol. The van der Waals surface area contributed by atoms with Crippen LogP contribution in [0, 0.1) is 12.7 Å². The lowest BCUT2D eigenvalue weighted by Gasteiger charge is -2.18. The highest BCUT2D eigenvalue weighted by Gasteiger charge is 2.24. The minimum atomic E-state index is -1.31. The topological polar surface area (TPSA) is 72.2 Å². The summed E-state index contributed by atoms with van der Waals surface area (Å²) < 4.78 is 14.9. The molecule has 3 rings (SSSR count). The van der Waals surface area contributed by atoms with Crippen molar-refractivity contribution >= 4 is 28.6 Å². The summed E-state index contributed by atoms with van der Waals surface area (Å²) in [7, 11) is 0.